The summed E-state index contributed by atoms with van der Waals surface area (Å²) in [5, 5.41) is 0.980. The Bertz CT molecular complexity index is 676. The Labute approximate surface area is 116 Å². The Morgan fingerprint density at radius 2 is 1.26 bits per heavy atom. The molecule has 0 aliphatic heterocycles. The van der Waals surface area contributed by atoms with Crippen molar-refractivity contribution in [2.75, 3.05) is 0 Å². The second kappa shape index (κ2) is 5.45. The van der Waals surface area contributed by atoms with E-state index in [1.807, 2.05) is 0 Å². The van der Waals surface area contributed by atoms with Gasteiger partial charge in [0.2, 0.25) is 0 Å². The fraction of sp³-hybridized carbons (Fsp3) is 0. The molecule has 3 nitrogen and oxygen atoms in total. The minimum absolute atomic E-state index is 0.490. The molecule has 0 atom stereocenters. The lowest BCUT2D eigenvalue weighted by atomic mass is 10.4. The van der Waals surface area contributed by atoms with Crippen molar-refractivity contribution in [3.05, 3.63) is 60.7 Å². The summed E-state index contributed by atoms with van der Waals surface area (Å²) >= 11 is 6.40. The van der Waals surface area contributed by atoms with E-state index in [2.05, 4.69) is 4.15 Å². The Morgan fingerprint density at radius 3 is 1.58 bits per heavy atom. The third-order valence-corrected chi connectivity index (χ3v) is 7.78. The first-order valence-electron chi connectivity index (χ1n) is 5.31. The lowest BCUT2D eigenvalue weighted by Crippen LogP contribution is -2.12. The first-order valence-corrected chi connectivity index (χ1v) is 9.29. The van der Waals surface area contributed by atoms with Gasteiger partial charge in [0.25, 0.3) is 0 Å². The van der Waals surface area contributed by atoms with Gasteiger partial charge < -0.3 is 0 Å². The van der Waals surface area contributed by atoms with E-state index in [4.69, 9.17) is 11.2 Å². The summed E-state index contributed by atoms with van der Waals surface area (Å²) in [4.78, 5) is 0. The third kappa shape index (κ3) is 3.44. The van der Waals surface area contributed by atoms with E-state index < -0.39 is 16.8 Å². The molecule has 100 valence electrons. The number of hydrogen-bond donors (Lipinski definition) is 0. The smallest absolute Gasteiger partial charge is 0.170 e. The van der Waals surface area contributed by atoms with E-state index in [1.165, 1.54) is 0 Å². The lowest BCUT2D eigenvalue weighted by Gasteiger charge is -2.16. The molecule has 2 aromatic rings. The molecule has 7 heteroatoms. The molecule has 0 spiro atoms. The summed E-state index contributed by atoms with van der Waals surface area (Å²) in [5.41, 5.74) is 0. The highest BCUT2D eigenvalue weighted by Gasteiger charge is 2.25. The van der Waals surface area contributed by atoms with Crippen LogP contribution in [0.15, 0.2) is 64.8 Å². The van der Waals surface area contributed by atoms with Gasteiger partial charge in [-0.15, -0.1) is 4.15 Å². The molecule has 0 radical (unpaired) electrons. The molecule has 0 aliphatic rings. The summed E-state index contributed by atoms with van der Waals surface area (Å²) in [6.07, 6.45) is -3.16. The topological polar surface area (TPSA) is 46.5 Å². The van der Waals surface area contributed by atoms with Crippen LogP contribution in [0.25, 0.3) is 0 Å². The molecule has 0 saturated carbocycles. The highest BCUT2D eigenvalue weighted by molar-refractivity contribution is 8.07. The van der Waals surface area contributed by atoms with Gasteiger partial charge in [-0.05, 0) is 0 Å². The molecule has 2 aromatic carbocycles. The second-order valence-electron chi connectivity index (χ2n) is 3.72. The average Bonchev–Trinajstić information content (AvgIpc) is 2.39. The van der Waals surface area contributed by atoms with Gasteiger partial charge in [-0.3, -0.25) is 0 Å². The van der Waals surface area contributed by atoms with Crippen LogP contribution in [0.5, 0.6) is 0 Å². The molecule has 0 fully saturated rings. The van der Waals surface area contributed by atoms with Crippen molar-refractivity contribution in [1.29, 1.82) is 0 Å². The van der Waals surface area contributed by atoms with E-state index in [1.54, 1.807) is 60.7 Å². The highest BCUT2D eigenvalue weighted by Crippen LogP contribution is 2.53. The summed E-state index contributed by atoms with van der Waals surface area (Å²) < 4.78 is 38.1. The minimum Gasteiger partial charge on any atom is -0.170 e. The maximum Gasteiger partial charge on any atom is 0.418 e. The van der Waals surface area contributed by atoms with Gasteiger partial charge >= 0.3 is 10.4 Å². The summed E-state index contributed by atoms with van der Waals surface area (Å²) in [7, 11) is -5.04. The van der Waals surface area contributed by atoms with Crippen LogP contribution in [0.4, 0.5) is 3.89 Å². The van der Waals surface area contributed by atoms with Crippen molar-refractivity contribution in [2.45, 2.75) is 0 Å². The molecular formula is C12H10ClFNO2PS. The zero-order chi connectivity index (χ0) is 13.9. The Balaban J connectivity index is 2.76. The first kappa shape index (κ1) is 14.3. The number of hydrogen-bond acceptors (Lipinski definition) is 2. The second-order valence-corrected chi connectivity index (χ2v) is 8.81. The van der Waals surface area contributed by atoms with Crippen LogP contribution in [0.2, 0.25) is 0 Å². The van der Waals surface area contributed by atoms with Gasteiger partial charge in [-0.1, -0.05) is 75.8 Å². The highest BCUT2D eigenvalue weighted by atomic mass is 35.7. The van der Waals surface area contributed by atoms with Gasteiger partial charge in [0.15, 0.2) is 0 Å². The van der Waals surface area contributed by atoms with Crippen LogP contribution in [0.1, 0.15) is 0 Å². The minimum atomic E-state index is -5.04. The van der Waals surface area contributed by atoms with Crippen molar-refractivity contribution >= 4 is 38.7 Å². The van der Waals surface area contributed by atoms with Gasteiger partial charge in [0.05, 0.1) is 0 Å². The van der Waals surface area contributed by atoms with Crippen LogP contribution in [-0.4, -0.2) is 8.42 Å². The number of halogens is 2. The molecule has 0 N–H and O–H groups in total. The number of benzene rings is 2. The van der Waals surface area contributed by atoms with Crippen LogP contribution < -0.4 is 10.6 Å². The number of rotatable bonds is 3. The maximum absolute atomic E-state index is 13.0. The molecule has 0 amide bonds. The Morgan fingerprint density at radius 1 is 0.895 bits per heavy atom. The Kier molecular flexibility index (Phi) is 4.09. The number of nitrogens with zero attached hydrogens (tertiary/aromatic N) is 1. The molecular weight excluding hydrogens is 308 g/mol. The zero-order valence-corrected chi connectivity index (χ0v) is 12.1. The molecule has 0 saturated heterocycles. The summed E-state index contributed by atoms with van der Waals surface area (Å²) in [6.45, 7) is 0. The maximum atomic E-state index is 13.0. The first-order chi connectivity index (χ1) is 8.92. The van der Waals surface area contributed by atoms with Gasteiger partial charge in [-0.25, -0.2) is 0 Å². The van der Waals surface area contributed by atoms with Crippen LogP contribution >= 0.6 is 17.6 Å². The normalized spacial score (nSPS) is 12.1. The van der Waals surface area contributed by atoms with Gasteiger partial charge in [0.1, 0.15) is 6.41 Å². The van der Waals surface area contributed by atoms with Crippen molar-refractivity contribution in [3.63, 3.8) is 0 Å². The quantitative estimate of drug-likeness (QED) is 0.644. The fourth-order valence-corrected chi connectivity index (χ4v) is 6.23. The molecule has 0 heterocycles. The van der Waals surface area contributed by atoms with Gasteiger partial charge in [-0.2, -0.15) is 8.42 Å². The van der Waals surface area contributed by atoms with E-state index in [0.29, 0.717) is 10.6 Å². The van der Waals surface area contributed by atoms with E-state index in [-0.39, 0.29) is 0 Å². The van der Waals surface area contributed by atoms with E-state index in [9.17, 15) is 12.3 Å². The predicted molar refractivity (Wildman–Crippen MR) is 77.4 cm³/mol. The molecule has 0 aliphatic carbocycles. The van der Waals surface area contributed by atoms with Crippen LogP contribution in [0.3, 0.4) is 0 Å². The molecule has 19 heavy (non-hydrogen) atoms. The van der Waals surface area contributed by atoms with Crippen molar-refractivity contribution < 1.29 is 12.3 Å². The summed E-state index contributed by atoms with van der Waals surface area (Å²) in [5.74, 6) is 0. The Hall–Kier alpha value is -1.16. The SMILES string of the molecule is O=S(=O)(F)N=P(Cl)(c1ccccc1)c1ccccc1. The summed E-state index contributed by atoms with van der Waals surface area (Å²) in [6, 6.07) is 16.9. The largest absolute Gasteiger partial charge is 0.418 e. The molecule has 2 rings (SSSR count). The fourth-order valence-electron chi connectivity index (χ4n) is 1.63. The standard InChI is InChI=1S/C12H10ClFNO2PS/c13-18(15-19(14,16)17,11-7-3-1-4-8-11)12-9-5-2-6-10-12/h1-10H. The molecule has 0 unspecified atom stereocenters. The van der Waals surface area contributed by atoms with E-state index >= 15 is 0 Å². The zero-order valence-electron chi connectivity index (χ0n) is 9.65. The van der Waals surface area contributed by atoms with Crippen molar-refractivity contribution in [1.82, 2.24) is 0 Å². The monoisotopic (exact) mass is 317 g/mol. The average molecular weight is 318 g/mol. The predicted octanol–water partition coefficient (Wildman–Crippen LogP) is 3.21. The van der Waals surface area contributed by atoms with Crippen molar-refractivity contribution in [2.24, 2.45) is 4.15 Å². The van der Waals surface area contributed by atoms with Gasteiger partial charge in [0, 0.05) is 10.6 Å². The van der Waals surface area contributed by atoms with Crippen molar-refractivity contribution in [3.8, 4) is 0 Å². The molecule has 0 bridgehead atoms. The third-order valence-electron chi connectivity index (χ3n) is 2.41. The lowest BCUT2D eigenvalue weighted by molar-refractivity contribution is 0.555. The van der Waals surface area contributed by atoms with Crippen LogP contribution in [-0.2, 0) is 10.4 Å². The van der Waals surface area contributed by atoms with Crippen LogP contribution in [0, 0.1) is 0 Å². The molecule has 0 aromatic heterocycles. The van der Waals surface area contributed by atoms with E-state index in [0.717, 1.165) is 0 Å².